The minimum atomic E-state index is 0.165. The fourth-order valence-corrected chi connectivity index (χ4v) is 3.33. The molecule has 0 radical (unpaired) electrons. The van der Waals surface area contributed by atoms with E-state index in [0.717, 1.165) is 12.3 Å². The highest BCUT2D eigenvalue weighted by Gasteiger charge is 2.17. The second kappa shape index (κ2) is 7.78. The maximum atomic E-state index is 6.35. The molecule has 2 heteroatoms. The van der Waals surface area contributed by atoms with Crippen molar-refractivity contribution in [3.63, 3.8) is 0 Å². The molecule has 1 aromatic rings. The van der Waals surface area contributed by atoms with Gasteiger partial charge < -0.3 is 5.73 Å². The van der Waals surface area contributed by atoms with Gasteiger partial charge in [0.2, 0.25) is 0 Å². The third kappa shape index (κ3) is 5.13. The van der Waals surface area contributed by atoms with Gasteiger partial charge in [0.1, 0.15) is 0 Å². The molecule has 2 unspecified atom stereocenters. The minimum absolute atomic E-state index is 0.165. The standard InChI is InChI=1S/C15H25NS/c1-4-14(17-11-10-12(2)3)15(16)13-8-6-5-7-9-13/h5-9,12,14-15H,4,10-11,16H2,1-3H3. The van der Waals surface area contributed by atoms with E-state index in [1.54, 1.807) is 0 Å². The lowest BCUT2D eigenvalue weighted by atomic mass is 10.0. The Balaban J connectivity index is 2.49. The molecular formula is C15H25NS. The van der Waals surface area contributed by atoms with E-state index in [2.05, 4.69) is 45.0 Å². The van der Waals surface area contributed by atoms with Gasteiger partial charge in [-0.3, -0.25) is 0 Å². The van der Waals surface area contributed by atoms with Crippen LogP contribution in [0, 0.1) is 5.92 Å². The van der Waals surface area contributed by atoms with E-state index in [-0.39, 0.29) is 6.04 Å². The van der Waals surface area contributed by atoms with Gasteiger partial charge in [-0.2, -0.15) is 11.8 Å². The third-order valence-corrected chi connectivity index (χ3v) is 4.54. The average Bonchev–Trinajstić information content (AvgIpc) is 2.34. The fraction of sp³-hybridized carbons (Fsp3) is 0.600. The lowest BCUT2D eigenvalue weighted by molar-refractivity contribution is 0.623. The maximum Gasteiger partial charge on any atom is 0.0415 e. The monoisotopic (exact) mass is 251 g/mol. The molecule has 0 fully saturated rings. The van der Waals surface area contributed by atoms with Crippen molar-refractivity contribution in [2.45, 2.75) is 44.9 Å². The van der Waals surface area contributed by atoms with Crippen LogP contribution in [0.5, 0.6) is 0 Å². The number of nitrogens with two attached hydrogens (primary N) is 1. The van der Waals surface area contributed by atoms with Gasteiger partial charge in [-0.15, -0.1) is 0 Å². The zero-order valence-corrected chi connectivity index (χ0v) is 12.0. The van der Waals surface area contributed by atoms with Crippen LogP contribution in [0.3, 0.4) is 0 Å². The van der Waals surface area contributed by atoms with E-state index in [9.17, 15) is 0 Å². The Kier molecular flexibility index (Phi) is 6.68. The smallest absolute Gasteiger partial charge is 0.0415 e. The first kappa shape index (κ1) is 14.6. The molecule has 2 N–H and O–H groups in total. The Morgan fingerprint density at radius 2 is 1.82 bits per heavy atom. The van der Waals surface area contributed by atoms with Crippen molar-refractivity contribution in [3.05, 3.63) is 35.9 Å². The molecule has 2 atom stereocenters. The highest BCUT2D eigenvalue weighted by molar-refractivity contribution is 7.99. The molecule has 0 aromatic heterocycles. The topological polar surface area (TPSA) is 26.0 Å². The van der Waals surface area contributed by atoms with Crippen LogP contribution < -0.4 is 5.73 Å². The molecule has 0 aliphatic carbocycles. The Morgan fingerprint density at radius 1 is 1.18 bits per heavy atom. The van der Waals surface area contributed by atoms with Crippen LogP contribution in [-0.2, 0) is 0 Å². The molecule has 0 spiro atoms. The molecule has 0 saturated carbocycles. The van der Waals surface area contributed by atoms with Crippen LogP contribution in [0.15, 0.2) is 30.3 Å². The molecule has 0 heterocycles. The van der Waals surface area contributed by atoms with Gasteiger partial charge in [0, 0.05) is 11.3 Å². The first-order chi connectivity index (χ1) is 8.15. The first-order valence-electron chi connectivity index (χ1n) is 6.57. The number of thioether (sulfide) groups is 1. The highest BCUT2D eigenvalue weighted by atomic mass is 32.2. The summed E-state index contributed by atoms with van der Waals surface area (Å²) in [6.45, 7) is 6.78. The van der Waals surface area contributed by atoms with Crippen molar-refractivity contribution in [2.75, 3.05) is 5.75 Å². The van der Waals surface area contributed by atoms with Crippen LogP contribution >= 0.6 is 11.8 Å². The normalized spacial score (nSPS) is 14.9. The predicted octanol–water partition coefficient (Wildman–Crippen LogP) is 4.24. The molecule has 0 aliphatic heterocycles. The molecule has 0 saturated heterocycles. The van der Waals surface area contributed by atoms with E-state index in [1.165, 1.54) is 17.7 Å². The molecule has 1 rings (SSSR count). The Hall–Kier alpha value is -0.470. The summed E-state index contributed by atoms with van der Waals surface area (Å²) >= 11 is 2.03. The van der Waals surface area contributed by atoms with Gasteiger partial charge in [0.15, 0.2) is 0 Å². The molecule has 0 amide bonds. The zero-order valence-electron chi connectivity index (χ0n) is 11.2. The molecular weight excluding hydrogens is 226 g/mol. The Morgan fingerprint density at radius 3 is 2.35 bits per heavy atom. The Labute approximate surface area is 110 Å². The van der Waals surface area contributed by atoms with Gasteiger partial charge >= 0.3 is 0 Å². The first-order valence-corrected chi connectivity index (χ1v) is 7.62. The molecule has 0 bridgehead atoms. The molecule has 0 aliphatic rings. The van der Waals surface area contributed by atoms with Crippen LogP contribution in [0.25, 0.3) is 0 Å². The number of rotatable bonds is 7. The van der Waals surface area contributed by atoms with E-state index in [4.69, 9.17) is 5.73 Å². The van der Waals surface area contributed by atoms with E-state index < -0.39 is 0 Å². The number of hydrogen-bond acceptors (Lipinski definition) is 2. The van der Waals surface area contributed by atoms with E-state index >= 15 is 0 Å². The SMILES string of the molecule is CCC(SCCC(C)C)C(N)c1ccccc1. The van der Waals surface area contributed by atoms with E-state index in [1.807, 2.05) is 17.8 Å². The molecule has 17 heavy (non-hydrogen) atoms. The van der Waals surface area contributed by atoms with Gasteiger partial charge in [0.25, 0.3) is 0 Å². The quantitative estimate of drug-likeness (QED) is 0.784. The van der Waals surface area contributed by atoms with E-state index in [0.29, 0.717) is 5.25 Å². The van der Waals surface area contributed by atoms with Crippen LogP contribution in [0.1, 0.15) is 45.2 Å². The lowest BCUT2D eigenvalue weighted by Crippen LogP contribution is -2.23. The second-order valence-electron chi connectivity index (χ2n) is 4.94. The predicted molar refractivity (Wildman–Crippen MR) is 79.4 cm³/mol. The summed E-state index contributed by atoms with van der Waals surface area (Å²) in [6, 6.07) is 10.6. The van der Waals surface area contributed by atoms with Crippen molar-refractivity contribution < 1.29 is 0 Å². The average molecular weight is 251 g/mol. The van der Waals surface area contributed by atoms with Crippen molar-refractivity contribution in [3.8, 4) is 0 Å². The largest absolute Gasteiger partial charge is 0.323 e. The minimum Gasteiger partial charge on any atom is -0.323 e. The number of benzene rings is 1. The summed E-state index contributed by atoms with van der Waals surface area (Å²) in [6.07, 6.45) is 2.42. The van der Waals surface area contributed by atoms with Crippen LogP contribution in [0.2, 0.25) is 0 Å². The number of hydrogen-bond donors (Lipinski definition) is 1. The third-order valence-electron chi connectivity index (χ3n) is 3.01. The molecule has 1 aromatic carbocycles. The summed E-state index contributed by atoms with van der Waals surface area (Å²) in [5.74, 6) is 2.00. The summed E-state index contributed by atoms with van der Waals surface area (Å²) < 4.78 is 0. The van der Waals surface area contributed by atoms with Crippen molar-refractivity contribution in [1.29, 1.82) is 0 Å². The van der Waals surface area contributed by atoms with Gasteiger partial charge in [-0.25, -0.2) is 0 Å². The van der Waals surface area contributed by atoms with Gasteiger partial charge in [0.05, 0.1) is 0 Å². The summed E-state index contributed by atoms with van der Waals surface area (Å²) in [5, 5.41) is 0.538. The van der Waals surface area contributed by atoms with Crippen molar-refractivity contribution >= 4 is 11.8 Å². The summed E-state index contributed by atoms with van der Waals surface area (Å²) in [4.78, 5) is 0. The van der Waals surface area contributed by atoms with Crippen LogP contribution in [0.4, 0.5) is 0 Å². The van der Waals surface area contributed by atoms with Crippen molar-refractivity contribution in [2.24, 2.45) is 11.7 Å². The van der Waals surface area contributed by atoms with Crippen molar-refractivity contribution in [1.82, 2.24) is 0 Å². The van der Waals surface area contributed by atoms with Crippen LogP contribution in [-0.4, -0.2) is 11.0 Å². The maximum absolute atomic E-state index is 6.35. The summed E-state index contributed by atoms with van der Waals surface area (Å²) in [7, 11) is 0. The zero-order chi connectivity index (χ0) is 12.7. The highest BCUT2D eigenvalue weighted by Crippen LogP contribution is 2.28. The summed E-state index contributed by atoms with van der Waals surface area (Å²) in [5.41, 5.74) is 7.61. The Bertz CT molecular complexity index is 297. The van der Waals surface area contributed by atoms with Gasteiger partial charge in [-0.05, 0) is 30.1 Å². The van der Waals surface area contributed by atoms with Gasteiger partial charge in [-0.1, -0.05) is 51.1 Å². The molecule has 1 nitrogen and oxygen atoms in total. The molecule has 96 valence electrons. The fourth-order valence-electron chi connectivity index (χ4n) is 1.82. The lowest BCUT2D eigenvalue weighted by Gasteiger charge is -2.23. The second-order valence-corrected chi connectivity index (χ2v) is 6.28.